The molecule has 0 atom stereocenters. The fourth-order valence-electron chi connectivity index (χ4n) is 2.46. The number of nitrogens with zero attached hydrogens (tertiary/aromatic N) is 1. The molecule has 0 saturated carbocycles. The van der Waals surface area contributed by atoms with Crippen LogP contribution in [0.25, 0.3) is 22.3 Å². The van der Waals surface area contributed by atoms with Crippen molar-refractivity contribution in [1.82, 2.24) is 0 Å². The first kappa shape index (κ1) is 15.8. The molecule has 0 aromatic heterocycles. The van der Waals surface area contributed by atoms with E-state index < -0.39 is 28.8 Å². The van der Waals surface area contributed by atoms with E-state index in [-0.39, 0.29) is 22.3 Å². The Morgan fingerprint density at radius 3 is 1.88 bits per heavy atom. The molecule has 0 saturated heterocycles. The van der Waals surface area contributed by atoms with Gasteiger partial charge >= 0.3 is 0 Å². The van der Waals surface area contributed by atoms with Gasteiger partial charge in [-0.3, -0.25) is 0 Å². The third-order valence-electron chi connectivity index (χ3n) is 3.61. The summed E-state index contributed by atoms with van der Waals surface area (Å²) in [6, 6.07) is 12.5. The van der Waals surface area contributed by atoms with Crippen LogP contribution >= 0.6 is 0 Å². The predicted octanol–water partition coefficient (Wildman–Crippen LogP) is 5.45. The molecule has 1 nitrogen and oxygen atoms in total. The summed E-state index contributed by atoms with van der Waals surface area (Å²) in [4.78, 5) is 0. The van der Waals surface area contributed by atoms with Crippen LogP contribution in [-0.4, -0.2) is 0 Å². The van der Waals surface area contributed by atoms with E-state index in [1.807, 2.05) is 0 Å². The van der Waals surface area contributed by atoms with Gasteiger partial charge in [0.1, 0.15) is 29.3 Å². The summed E-state index contributed by atoms with van der Waals surface area (Å²) >= 11 is 0. The van der Waals surface area contributed by atoms with E-state index in [1.54, 1.807) is 12.1 Å². The number of hydrogen-bond acceptors (Lipinski definition) is 1. The molecule has 0 unspecified atom stereocenters. The molecule has 0 radical (unpaired) electrons. The van der Waals surface area contributed by atoms with Crippen molar-refractivity contribution < 1.29 is 17.6 Å². The molecule has 0 aliphatic heterocycles. The molecule has 0 heterocycles. The Labute approximate surface area is 135 Å². The van der Waals surface area contributed by atoms with Gasteiger partial charge < -0.3 is 0 Å². The predicted molar refractivity (Wildman–Crippen MR) is 81.9 cm³/mol. The zero-order valence-corrected chi connectivity index (χ0v) is 12.2. The van der Waals surface area contributed by atoms with Crippen molar-refractivity contribution in [2.75, 3.05) is 0 Å². The maximum absolute atomic E-state index is 14.4. The maximum atomic E-state index is 14.4. The highest BCUT2D eigenvalue weighted by Gasteiger charge is 2.17. The van der Waals surface area contributed by atoms with E-state index in [0.717, 1.165) is 24.3 Å². The number of halogens is 4. The Bertz CT molecular complexity index is 950. The number of benzene rings is 3. The minimum atomic E-state index is -0.947. The topological polar surface area (TPSA) is 23.8 Å². The summed E-state index contributed by atoms with van der Waals surface area (Å²) in [6.07, 6.45) is 0. The molecule has 0 amide bonds. The van der Waals surface area contributed by atoms with E-state index in [2.05, 4.69) is 0 Å². The van der Waals surface area contributed by atoms with Crippen LogP contribution in [-0.2, 0) is 0 Å². The van der Waals surface area contributed by atoms with Crippen LogP contribution in [0.3, 0.4) is 0 Å². The molecular formula is C19H9F4N. The number of rotatable bonds is 2. The number of hydrogen-bond donors (Lipinski definition) is 0. The van der Waals surface area contributed by atoms with E-state index in [9.17, 15) is 17.6 Å². The molecular weight excluding hydrogens is 318 g/mol. The van der Waals surface area contributed by atoms with E-state index in [1.165, 1.54) is 24.3 Å². The van der Waals surface area contributed by atoms with Gasteiger partial charge in [-0.2, -0.15) is 5.26 Å². The van der Waals surface area contributed by atoms with Gasteiger partial charge in [0.2, 0.25) is 0 Å². The molecule has 3 rings (SSSR count). The molecule has 0 aliphatic rings. The second-order valence-electron chi connectivity index (χ2n) is 5.10. The largest absolute Gasteiger partial charge is 0.206 e. The lowest BCUT2D eigenvalue weighted by Gasteiger charge is -2.10. The fraction of sp³-hybridized carbons (Fsp3) is 0. The highest BCUT2D eigenvalue weighted by Crippen LogP contribution is 2.32. The Kier molecular flexibility index (Phi) is 4.05. The van der Waals surface area contributed by atoms with Crippen molar-refractivity contribution in [3.63, 3.8) is 0 Å². The SMILES string of the molecule is N#Cc1ccc(-c2c(F)cc(-c3ccccc3F)cc2F)cc1F. The van der Waals surface area contributed by atoms with Crippen molar-refractivity contribution in [2.24, 2.45) is 0 Å². The van der Waals surface area contributed by atoms with Gasteiger partial charge in [0.05, 0.1) is 11.1 Å². The lowest BCUT2D eigenvalue weighted by Crippen LogP contribution is -1.95. The normalized spacial score (nSPS) is 10.5. The summed E-state index contributed by atoms with van der Waals surface area (Å²) in [7, 11) is 0. The van der Waals surface area contributed by atoms with Crippen molar-refractivity contribution in [3.05, 3.63) is 83.4 Å². The fourth-order valence-corrected chi connectivity index (χ4v) is 2.46. The molecule has 0 N–H and O–H groups in total. The molecule has 3 aromatic carbocycles. The smallest absolute Gasteiger partial charge is 0.141 e. The first-order valence-electron chi connectivity index (χ1n) is 6.95. The molecule has 24 heavy (non-hydrogen) atoms. The molecule has 0 fully saturated rings. The van der Waals surface area contributed by atoms with Crippen molar-refractivity contribution in [1.29, 1.82) is 5.26 Å². The standard InChI is InChI=1S/C19H9F4N/c20-15-4-2-1-3-14(15)13-8-17(22)19(18(23)9-13)11-5-6-12(10-24)16(21)7-11/h1-9H. The summed E-state index contributed by atoms with van der Waals surface area (Å²) in [5.41, 5.74) is -0.587. The van der Waals surface area contributed by atoms with Crippen LogP contribution in [0, 0.1) is 34.6 Å². The summed E-state index contributed by atoms with van der Waals surface area (Å²) in [6.45, 7) is 0. The number of nitriles is 1. The molecule has 0 bridgehead atoms. The van der Waals surface area contributed by atoms with E-state index >= 15 is 0 Å². The van der Waals surface area contributed by atoms with Gasteiger partial charge in [-0.1, -0.05) is 24.3 Å². The Morgan fingerprint density at radius 2 is 1.29 bits per heavy atom. The first-order valence-corrected chi connectivity index (χ1v) is 6.95. The molecule has 5 heteroatoms. The summed E-state index contributed by atoms with van der Waals surface area (Å²) < 4.78 is 56.2. The zero-order chi connectivity index (χ0) is 17.3. The molecule has 118 valence electrons. The van der Waals surface area contributed by atoms with Gasteiger partial charge in [-0.25, -0.2) is 17.6 Å². The lowest BCUT2D eigenvalue weighted by molar-refractivity contribution is 0.588. The van der Waals surface area contributed by atoms with Crippen LogP contribution in [0.15, 0.2) is 54.6 Å². The highest BCUT2D eigenvalue weighted by atomic mass is 19.1. The van der Waals surface area contributed by atoms with Crippen molar-refractivity contribution in [2.45, 2.75) is 0 Å². The van der Waals surface area contributed by atoms with Crippen molar-refractivity contribution in [3.8, 4) is 28.3 Å². The average Bonchev–Trinajstić information content (AvgIpc) is 2.54. The van der Waals surface area contributed by atoms with Gasteiger partial charge in [-0.15, -0.1) is 0 Å². The van der Waals surface area contributed by atoms with Gasteiger partial charge in [-0.05, 0) is 41.5 Å². The molecule has 3 aromatic rings. The zero-order valence-electron chi connectivity index (χ0n) is 12.2. The minimum absolute atomic E-state index is 0.0402. The minimum Gasteiger partial charge on any atom is -0.206 e. The van der Waals surface area contributed by atoms with Crippen LogP contribution in [0.1, 0.15) is 5.56 Å². The van der Waals surface area contributed by atoms with Crippen molar-refractivity contribution >= 4 is 0 Å². The van der Waals surface area contributed by atoms with Crippen LogP contribution in [0.4, 0.5) is 17.6 Å². The first-order chi connectivity index (χ1) is 11.5. The molecule has 0 aliphatic carbocycles. The van der Waals surface area contributed by atoms with E-state index in [0.29, 0.717) is 0 Å². The van der Waals surface area contributed by atoms with Gasteiger partial charge in [0.15, 0.2) is 0 Å². The van der Waals surface area contributed by atoms with Crippen LogP contribution in [0.2, 0.25) is 0 Å². The summed E-state index contributed by atoms with van der Waals surface area (Å²) in [5.74, 6) is -3.37. The quantitative estimate of drug-likeness (QED) is 0.574. The van der Waals surface area contributed by atoms with Crippen LogP contribution < -0.4 is 0 Å². The molecule has 0 spiro atoms. The summed E-state index contributed by atoms with van der Waals surface area (Å²) in [5, 5.41) is 8.70. The maximum Gasteiger partial charge on any atom is 0.141 e. The van der Waals surface area contributed by atoms with Crippen LogP contribution in [0.5, 0.6) is 0 Å². The second-order valence-corrected chi connectivity index (χ2v) is 5.10. The Balaban J connectivity index is 2.14. The van der Waals surface area contributed by atoms with Gasteiger partial charge in [0.25, 0.3) is 0 Å². The monoisotopic (exact) mass is 327 g/mol. The van der Waals surface area contributed by atoms with E-state index in [4.69, 9.17) is 5.26 Å². The Hall–Kier alpha value is -3.13. The average molecular weight is 327 g/mol. The Morgan fingerprint density at radius 1 is 0.667 bits per heavy atom. The highest BCUT2D eigenvalue weighted by molar-refractivity contribution is 5.72. The van der Waals surface area contributed by atoms with Gasteiger partial charge in [0, 0.05) is 5.56 Å². The second kappa shape index (κ2) is 6.17. The lowest BCUT2D eigenvalue weighted by atomic mass is 9.98. The third kappa shape index (κ3) is 2.74. The third-order valence-corrected chi connectivity index (χ3v) is 3.61.